The molecule has 1 saturated carbocycles. The molecule has 2 heterocycles. The van der Waals surface area contributed by atoms with Gasteiger partial charge >= 0.3 is 0 Å². The second-order valence-corrected chi connectivity index (χ2v) is 6.63. The van der Waals surface area contributed by atoms with Crippen molar-refractivity contribution in [3.05, 3.63) is 59.5 Å². The zero-order valence-corrected chi connectivity index (χ0v) is 13.6. The van der Waals surface area contributed by atoms with Gasteiger partial charge in [0.25, 0.3) is 5.91 Å². The van der Waals surface area contributed by atoms with Crippen molar-refractivity contribution in [2.24, 2.45) is 0 Å². The molecule has 124 valence electrons. The summed E-state index contributed by atoms with van der Waals surface area (Å²) < 4.78 is 5.17. The first-order valence-corrected chi connectivity index (χ1v) is 8.33. The van der Waals surface area contributed by atoms with Crippen molar-refractivity contribution in [1.29, 1.82) is 0 Å². The van der Waals surface area contributed by atoms with Gasteiger partial charge in [0.1, 0.15) is 5.76 Å². The van der Waals surface area contributed by atoms with Gasteiger partial charge < -0.3 is 14.6 Å². The first-order chi connectivity index (χ1) is 11.6. The molecule has 4 rings (SSSR count). The minimum atomic E-state index is -0.170. The SMILES string of the molecule is Cc1occc1C(=O)N[C@@H]1CC(=O)N([C@H]2C[C@@H]2c2ccccc2)C1. The maximum Gasteiger partial charge on any atom is 0.255 e. The average Bonchev–Trinajstić information content (AvgIpc) is 3.12. The minimum Gasteiger partial charge on any atom is -0.469 e. The molecule has 2 aliphatic rings. The summed E-state index contributed by atoms with van der Waals surface area (Å²) in [5, 5.41) is 2.96. The Bertz CT molecular complexity index is 768. The number of hydrogen-bond donors (Lipinski definition) is 1. The van der Waals surface area contributed by atoms with Gasteiger partial charge in [-0.15, -0.1) is 0 Å². The third-order valence-corrected chi connectivity index (χ3v) is 4.98. The second-order valence-electron chi connectivity index (χ2n) is 6.63. The van der Waals surface area contributed by atoms with E-state index in [4.69, 9.17) is 4.42 Å². The van der Waals surface area contributed by atoms with Crippen molar-refractivity contribution in [3.63, 3.8) is 0 Å². The van der Waals surface area contributed by atoms with Crippen molar-refractivity contribution in [2.75, 3.05) is 6.54 Å². The molecular formula is C19H20N2O3. The van der Waals surface area contributed by atoms with Crippen LogP contribution in [0.3, 0.4) is 0 Å². The van der Waals surface area contributed by atoms with Gasteiger partial charge in [-0.3, -0.25) is 9.59 Å². The van der Waals surface area contributed by atoms with Crippen LogP contribution in [0.4, 0.5) is 0 Å². The maximum atomic E-state index is 12.3. The van der Waals surface area contributed by atoms with E-state index in [-0.39, 0.29) is 23.9 Å². The van der Waals surface area contributed by atoms with E-state index in [1.807, 2.05) is 23.1 Å². The Labute approximate surface area is 140 Å². The fourth-order valence-corrected chi connectivity index (χ4v) is 3.62. The van der Waals surface area contributed by atoms with Gasteiger partial charge in [0.15, 0.2) is 0 Å². The molecule has 1 aliphatic carbocycles. The minimum absolute atomic E-state index is 0.128. The number of carbonyl (C=O) groups is 2. The van der Waals surface area contributed by atoms with Gasteiger partial charge in [-0.25, -0.2) is 0 Å². The highest BCUT2D eigenvalue weighted by Crippen LogP contribution is 2.45. The van der Waals surface area contributed by atoms with Crippen LogP contribution < -0.4 is 5.32 Å². The lowest BCUT2D eigenvalue weighted by molar-refractivity contribution is -0.128. The van der Waals surface area contributed by atoms with E-state index in [0.29, 0.717) is 30.2 Å². The molecule has 0 radical (unpaired) electrons. The molecule has 1 N–H and O–H groups in total. The lowest BCUT2D eigenvalue weighted by Crippen LogP contribution is -2.37. The molecular weight excluding hydrogens is 304 g/mol. The third-order valence-electron chi connectivity index (χ3n) is 4.98. The molecule has 0 unspecified atom stereocenters. The topological polar surface area (TPSA) is 62.6 Å². The van der Waals surface area contributed by atoms with Gasteiger partial charge in [-0.1, -0.05) is 30.3 Å². The lowest BCUT2D eigenvalue weighted by atomic mass is 10.1. The molecule has 1 saturated heterocycles. The van der Waals surface area contributed by atoms with E-state index in [2.05, 4.69) is 17.4 Å². The molecule has 0 spiro atoms. The molecule has 1 aliphatic heterocycles. The van der Waals surface area contributed by atoms with Crippen LogP contribution in [-0.4, -0.2) is 35.3 Å². The summed E-state index contributed by atoms with van der Waals surface area (Å²) in [7, 11) is 0. The first-order valence-electron chi connectivity index (χ1n) is 8.33. The van der Waals surface area contributed by atoms with E-state index in [1.54, 1.807) is 13.0 Å². The monoisotopic (exact) mass is 324 g/mol. The van der Waals surface area contributed by atoms with E-state index >= 15 is 0 Å². The van der Waals surface area contributed by atoms with Crippen LogP contribution in [0, 0.1) is 6.92 Å². The summed E-state index contributed by atoms with van der Waals surface area (Å²) in [6.07, 6.45) is 2.89. The number of rotatable bonds is 4. The number of nitrogens with zero attached hydrogens (tertiary/aromatic N) is 1. The molecule has 5 nitrogen and oxygen atoms in total. The number of likely N-dealkylation sites (tertiary alicyclic amines) is 1. The Balaban J connectivity index is 1.38. The van der Waals surface area contributed by atoms with Crippen LogP contribution in [-0.2, 0) is 4.79 Å². The average molecular weight is 324 g/mol. The Morgan fingerprint density at radius 3 is 2.75 bits per heavy atom. The highest BCUT2D eigenvalue weighted by molar-refractivity contribution is 5.95. The molecule has 3 atom stereocenters. The molecule has 2 aromatic rings. The molecule has 1 aromatic heterocycles. The molecule has 1 aromatic carbocycles. The number of amides is 2. The Morgan fingerprint density at radius 2 is 2.04 bits per heavy atom. The standard InChI is InChI=1S/C19H20N2O3/c1-12-15(7-8-24-12)19(23)20-14-9-18(22)21(11-14)17-10-16(17)13-5-3-2-4-6-13/h2-8,14,16-17H,9-11H2,1H3,(H,20,23)/t14-,16-,17+/m1/s1. The predicted octanol–water partition coefficient (Wildman–Crippen LogP) is 2.47. The van der Waals surface area contributed by atoms with Gasteiger partial charge in [-0.2, -0.15) is 0 Å². The van der Waals surface area contributed by atoms with Gasteiger partial charge in [0.05, 0.1) is 17.9 Å². The highest BCUT2D eigenvalue weighted by Gasteiger charge is 2.48. The van der Waals surface area contributed by atoms with E-state index in [0.717, 1.165) is 6.42 Å². The van der Waals surface area contributed by atoms with Crippen molar-refractivity contribution in [1.82, 2.24) is 10.2 Å². The fourth-order valence-electron chi connectivity index (χ4n) is 3.62. The van der Waals surface area contributed by atoms with Crippen molar-refractivity contribution >= 4 is 11.8 Å². The molecule has 2 amide bonds. The van der Waals surface area contributed by atoms with Crippen molar-refractivity contribution in [3.8, 4) is 0 Å². The van der Waals surface area contributed by atoms with Crippen LogP contribution in [0.5, 0.6) is 0 Å². The number of benzene rings is 1. The predicted molar refractivity (Wildman–Crippen MR) is 88.6 cm³/mol. The van der Waals surface area contributed by atoms with E-state index in [9.17, 15) is 9.59 Å². The number of hydrogen-bond acceptors (Lipinski definition) is 3. The van der Waals surface area contributed by atoms with Crippen LogP contribution >= 0.6 is 0 Å². The number of nitrogens with one attached hydrogen (secondary N) is 1. The zero-order chi connectivity index (χ0) is 16.7. The van der Waals surface area contributed by atoms with E-state index in [1.165, 1.54) is 11.8 Å². The molecule has 24 heavy (non-hydrogen) atoms. The highest BCUT2D eigenvalue weighted by atomic mass is 16.3. The second kappa shape index (κ2) is 5.82. The summed E-state index contributed by atoms with van der Waals surface area (Å²) in [6.45, 7) is 2.35. The van der Waals surface area contributed by atoms with E-state index < -0.39 is 0 Å². The summed E-state index contributed by atoms with van der Waals surface area (Å²) in [6, 6.07) is 12.1. The molecule has 0 bridgehead atoms. The quantitative estimate of drug-likeness (QED) is 0.940. The summed E-state index contributed by atoms with van der Waals surface area (Å²) in [5.74, 6) is 0.990. The summed E-state index contributed by atoms with van der Waals surface area (Å²) >= 11 is 0. The molecule has 2 fully saturated rings. The van der Waals surface area contributed by atoms with Crippen molar-refractivity contribution < 1.29 is 14.0 Å². The Kier molecular flexibility index (Phi) is 3.63. The zero-order valence-electron chi connectivity index (χ0n) is 13.6. The largest absolute Gasteiger partial charge is 0.469 e. The number of carbonyl (C=O) groups excluding carboxylic acids is 2. The van der Waals surface area contributed by atoms with Crippen LogP contribution in [0.15, 0.2) is 47.1 Å². The van der Waals surface area contributed by atoms with Gasteiger partial charge in [0, 0.05) is 24.9 Å². The number of furan rings is 1. The Hall–Kier alpha value is -2.56. The molecule has 5 heteroatoms. The first kappa shape index (κ1) is 15.0. The number of aryl methyl sites for hydroxylation is 1. The van der Waals surface area contributed by atoms with Crippen LogP contribution in [0.25, 0.3) is 0 Å². The van der Waals surface area contributed by atoms with Crippen LogP contribution in [0.2, 0.25) is 0 Å². The third kappa shape index (κ3) is 2.70. The lowest BCUT2D eigenvalue weighted by Gasteiger charge is -2.17. The summed E-state index contributed by atoms with van der Waals surface area (Å²) in [5.41, 5.74) is 1.83. The van der Waals surface area contributed by atoms with Gasteiger partial charge in [-0.05, 0) is 25.0 Å². The van der Waals surface area contributed by atoms with Gasteiger partial charge in [0.2, 0.25) is 5.91 Å². The fraction of sp³-hybridized carbons (Fsp3) is 0.368. The van der Waals surface area contributed by atoms with Crippen LogP contribution in [0.1, 0.15) is 40.4 Å². The normalized spacial score (nSPS) is 25.8. The maximum absolute atomic E-state index is 12.3. The summed E-state index contributed by atoms with van der Waals surface area (Å²) in [4.78, 5) is 26.5. The smallest absolute Gasteiger partial charge is 0.255 e. The Morgan fingerprint density at radius 1 is 1.25 bits per heavy atom. The van der Waals surface area contributed by atoms with Crippen molar-refractivity contribution in [2.45, 2.75) is 37.8 Å².